The quantitative estimate of drug-likeness (QED) is 0.609. The minimum Gasteiger partial charge on any atom is -0.0884 e. The molecule has 2 atom stereocenters. The zero-order valence-corrected chi connectivity index (χ0v) is 13.6. The Kier molecular flexibility index (Phi) is 4.77. The molecule has 0 radical (unpaired) electrons. The predicted molar refractivity (Wildman–Crippen MR) is 83.6 cm³/mol. The number of rotatable bonds is 3. The molecule has 0 aliphatic heterocycles. The first kappa shape index (κ1) is 14.4. The molecule has 0 bridgehead atoms. The summed E-state index contributed by atoms with van der Waals surface area (Å²) >= 11 is 9.87. The summed E-state index contributed by atoms with van der Waals surface area (Å²) in [6.45, 7) is 4.85. The molecular weight excluding hydrogens is 308 g/mol. The summed E-state index contributed by atoms with van der Waals surface area (Å²) < 4.78 is 0. The van der Waals surface area contributed by atoms with Crippen molar-refractivity contribution in [2.24, 2.45) is 11.3 Å². The fourth-order valence-electron chi connectivity index (χ4n) is 3.18. The standard InChI is InChI=1S/C16H22BrCl/c1-16(2)10-4-3-5-14(16)15(17)11-12-6-8-13(18)9-7-12/h6-9,14-15H,3-5,10-11H2,1-2H3. The number of halogens is 2. The fourth-order valence-corrected chi connectivity index (χ4v) is 4.66. The van der Waals surface area contributed by atoms with Crippen LogP contribution in [0.2, 0.25) is 5.02 Å². The van der Waals surface area contributed by atoms with E-state index in [0.29, 0.717) is 10.2 Å². The lowest BCUT2D eigenvalue weighted by Gasteiger charge is -2.41. The Hall–Kier alpha value is -0.0100. The third kappa shape index (κ3) is 3.51. The van der Waals surface area contributed by atoms with E-state index < -0.39 is 0 Å². The molecule has 0 aromatic heterocycles. The molecule has 2 heteroatoms. The van der Waals surface area contributed by atoms with Crippen LogP contribution >= 0.6 is 27.5 Å². The van der Waals surface area contributed by atoms with E-state index in [1.54, 1.807) is 0 Å². The second-order valence-electron chi connectivity index (χ2n) is 6.19. The summed E-state index contributed by atoms with van der Waals surface area (Å²) in [4.78, 5) is 0.578. The topological polar surface area (TPSA) is 0 Å². The molecule has 1 aromatic rings. The molecule has 1 fully saturated rings. The summed E-state index contributed by atoms with van der Waals surface area (Å²) in [5, 5.41) is 0.822. The maximum Gasteiger partial charge on any atom is 0.0406 e. The number of hydrogen-bond donors (Lipinski definition) is 0. The molecule has 0 N–H and O–H groups in total. The molecule has 1 aliphatic rings. The van der Waals surface area contributed by atoms with E-state index in [4.69, 9.17) is 11.6 Å². The van der Waals surface area contributed by atoms with Crippen LogP contribution in [0.1, 0.15) is 45.1 Å². The van der Waals surface area contributed by atoms with Crippen molar-refractivity contribution >= 4 is 27.5 Å². The van der Waals surface area contributed by atoms with Gasteiger partial charge >= 0.3 is 0 Å². The van der Waals surface area contributed by atoms with Crippen LogP contribution in [0.4, 0.5) is 0 Å². The highest BCUT2D eigenvalue weighted by atomic mass is 79.9. The zero-order valence-electron chi connectivity index (χ0n) is 11.3. The highest BCUT2D eigenvalue weighted by Gasteiger charge is 2.36. The first-order chi connectivity index (χ1) is 8.49. The number of benzene rings is 1. The Balaban J connectivity index is 2.02. The number of alkyl halides is 1. The zero-order chi connectivity index (χ0) is 13.2. The third-order valence-corrected chi connectivity index (χ3v) is 5.58. The van der Waals surface area contributed by atoms with E-state index in [9.17, 15) is 0 Å². The molecule has 2 unspecified atom stereocenters. The van der Waals surface area contributed by atoms with Gasteiger partial charge in [-0.15, -0.1) is 0 Å². The van der Waals surface area contributed by atoms with Crippen LogP contribution in [-0.2, 0) is 6.42 Å². The Morgan fingerprint density at radius 2 is 1.94 bits per heavy atom. The van der Waals surface area contributed by atoms with Crippen LogP contribution < -0.4 is 0 Å². The van der Waals surface area contributed by atoms with Gasteiger partial charge in [0.05, 0.1) is 0 Å². The predicted octanol–water partition coefficient (Wildman–Crippen LogP) is 5.86. The average Bonchev–Trinajstić information content (AvgIpc) is 2.31. The van der Waals surface area contributed by atoms with Crippen LogP contribution in [-0.4, -0.2) is 4.83 Å². The molecule has 100 valence electrons. The van der Waals surface area contributed by atoms with Gasteiger partial charge in [0.15, 0.2) is 0 Å². The van der Waals surface area contributed by atoms with E-state index in [1.807, 2.05) is 12.1 Å². The molecule has 18 heavy (non-hydrogen) atoms. The highest BCUT2D eigenvalue weighted by Crippen LogP contribution is 2.45. The van der Waals surface area contributed by atoms with Gasteiger partial charge in [-0.05, 0) is 48.3 Å². The number of hydrogen-bond acceptors (Lipinski definition) is 0. The molecule has 0 nitrogen and oxygen atoms in total. The largest absolute Gasteiger partial charge is 0.0884 e. The van der Waals surface area contributed by atoms with Crippen LogP contribution in [0.5, 0.6) is 0 Å². The molecule has 0 spiro atoms. The van der Waals surface area contributed by atoms with Crippen LogP contribution in [0, 0.1) is 11.3 Å². The Bertz CT molecular complexity index is 383. The molecule has 1 saturated carbocycles. The van der Waals surface area contributed by atoms with Gasteiger partial charge in [-0.3, -0.25) is 0 Å². The van der Waals surface area contributed by atoms with Crippen molar-refractivity contribution in [2.75, 3.05) is 0 Å². The van der Waals surface area contributed by atoms with Gasteiger partial charge in [-0.25, -0.2) is 0 Å². The van der Waals surface area contributed by atoms with Gasteiger partial charge in [-0.2, -0.15) is 0 Å². The Morgan fingerprint density at radius 1 is 1.28 bits per heavy atom. The summed E-state index contributed by atoms with van der Waals surface area (Å²) in [5.41, 5.74) is 1.85. The van der Waals surface area contributed by atoms with Crippen LogP contribution in [0.25, 0.3) is 0 Å². The van der Waals surface area contributed by atoms with Crippen molar-refractivity contribution in [3.05, 3.63) is 34.9 Å². The van der Waals surface area contributed by atoms with Crippen LogP contribution in [0.15, 0.2) is 24.3 Å². The van der Waals surface area contributed by atoms with Gasteiger partial charge in [0.2, 0.25) is 0 Å². The van der Waals surface area contributed by atoms with Crippen molar-refractivity contribution in [3.63, 3.8) is 0 Å². The minimum atomic E-state index is 0.471. The van der Waals surface area contributed by atoms with E-state index in [2.05, 4.69) is 41.9 Å². The summed E-state index contributed by atoms with van der Waals surface area (Å²) in [6.07, 6.45) is 6.60. The van der Waals surface area contributed by atoms with Gasteiger partial charge in [0.1, 0.15) is 0 Å². The van der Waals surface area contributed by atoms with Crippen LogP contribution in [0.3, 0.4) is 0 Å². The second-order valence-corrected chi connectivity index (χ2v) is 7.80. The van der Waals surface area contributed by atoms with Crippen molar-refractivity contribution in [3.8, 4) is 0 Å². The molecule has 1 aromatic carbocycles. The maximum atomic E-state index is 5.93. The van der Waals surface area contributed by atoms with E-state index >= 15 is 0 Å². The highest BCUT2D eigenvalue weighted by molar-refractivity contribution is 9.09. The summed E-state index contributed by atoms with van der Waals surface area (Å²) in [6, 6.07) is 8.27. The smallest absolute Gasteiger partial charge is 0.0406 e. The maximum absolute atomic E-state index is 5.93. The van der Waals surface area contributed by atoms with Crippen molar-refractivity contribution < 1.29 is 0 Å². The summed E-state index contributed by atoms with van der Waals surface area (Å²) in [5.74, 6) is 0.780. The van der Waals surface area contributed by atoms with E-state index in [0.717, 1.165) is 17.4 Å². The van der Waals surface area contributed by atoms with Crippen molar-refractivity contribution in [2.45, 2.75) is 50.8 Å². The lowest BCUT2D eigenvalue weighted by atomic mass is 9.67. The lowest BCUT2D eigenvalue weighted by Crippen LogP contribution is -2.35. The Morgan fingerprint density at radius 3 is 2.56 bits per heavy atom. The lowest BCUT2D eigenvalue weighted by molar-refractivity contribution is 0.136. The fraction of sp³-hybridized carbons (Fsp3) is 0.625. The third-order valence-electron chi connectivity index (χ3n) is 4.37. The average molecular weight is 330 g/mol. The monoisotopic (exact) mass is 328 g/mol. The molecular formula is C16H22BrCl. The van der Waals surface area contributed by atoms with E-state index in [1.165, 1.54) is 31.2 Å². The van der Waals surface area contributed by atoms with Gasteiger partial charge < -0.3 is 0 Å². The summed E-state index contributed by atoms with van der Waals surface area (Å²) in [7, 11) is 0. The first-order valence-electron chi connectivity index (χ1n) is 6.87. The molecule has 1 aliphatic carbocycles. The van der Waals surface area contributed by atoms with Gasteiger partial charge in [0.25, 0.3) is 0 Å². The molecule has 0 amide bonds. The normalized spacial score (nSPS) is 24.8. The minimum absolute atomic E-state index is 0.471. The second kappa shape index (κ2) is 5.96. The van der Waals surface area contributed by atoms with Gasteiger partial charge in [-0.1, -0.05) is 66.4 Å². The Labute approximate surface area is 124 Å². The molecule has 0 heterocycles. The SMILES string of the molecule is CC1(C)CCCCC1C(Br)Cc1ccc(Cl)cc1. The first-order valence-corrected chi connectivity index (χ1v) is 8.17. The molecule has 0 saturated heterocycles. The van der Waals surface area contributed by atoms with Gasteiger partial charge in [0, 0.05) is 9.85 Å². The van der Waals surface area contributed by atoms with Crippen molar-refractivity contribution in [1.82, 2.24) is 0 Å². The van der Waals surface area contributed by atoms with E-state index in [-0.39, 0.29) is 0 Å². The molecule has 2 rings (SSSR count). The van der Waals surface area contributed by atoms with Crippen molar-refractivity contribution in [1.29, 1.82) is 0 Å².